The van der Waals surface area contributed by atoms with Crippen molar-refractivity contribution < 1.29 is 22.2 Å². The minimum atomic E-state index is -4.67. The summed E-state index contributed by atoms with van der Waals surface area (Å²) in [6, 6.07) is 9.56. The van der Waals surface area contributed by atoms with Gasteiger partial charge in [0.1, 0.15) is 5.76 Å². The van der Waals surface area contributed by atoms with E-state index in [1.807, 2.05) is 48.7 Å². The molecule has 4 rings (SSSR count). The zero-order valence-electron chi connectivity index (χ0n) is 16.7. The molecule has 0 aliphatic carbocycles. The molecule has 158 valence electrons. The Morgan fingerprint density at radius 3 is 2.53 bits per heavy atom. The van der Waals surface area contributed by atoms with Gasteiger partial charge in [-0.2, -0.15) is 18.2 Å². The standard InChI is InChI=1S/C21H21F3N4O2/c1-13-7-6-8-15-12-17(19-25-20(30-27-19)21(22,23)24)28(18(13)15)10-5-3-4-9-16-11-14(2)26-29-16/h6-8,11-12H,3-5,9-10H2,1-2H3. The summed E-state index contributed by atoms with van der Waals surface area (Å²) < 4.78 is 50.3. The van der Waals surface area contributed by atoms with Crippen molar-refractivity contribution >= 4 is 10.9 Å². The summed E-state index contributed by atoms with van der Waals surface area (Å²) in [5.74, 6) is -0.537. The molecule has 3 heterocycles. The smallest absolute Gasteiger partial charge is 0.361 e. The van der Waals surface area contributed by atoms with E-state index in [2.05, 4.69) is 19.8 Å². The predicted octanol–water partition coefficient (Wildman–Crippen LogP) is 5.73. The largest absolute Gasteiger partial charge is 0.471 e. The lowest BCUT2D eigenvalue weighted by Gasteiger charge is -2.10. The highest BCUT2D eigenvalue weighted by Crippen LogP contribution is 2.32. The SMILES string of the molecule is Cc1cc(CCCCCn2c(-c3noc(C(F)(F)F)n3)cc3cccc(C)c32)on1. The minimum absolute atomic E-state index is 0.0601. The quantitative estimate of drug-likeness (QED) is 0.359. The maximum Gasteiger partial charge on any atom is 0.471 e. The van der Waals surface area contributed by atoms with E-state index >= 15 is 0 Å². The lowest BCUT2D eigenvalue weighted by Crippen LogP contribution is -2.06. The van der Waals surface area contributed by atoms with Crippen LogP contribution >= 0.6 is 0 Å². The lowest BCUT2D eigenvalue weighted by molar-refractivity contribution is -0.159. The normalized spacial score (nSPS) is 12.2. The van der Waals surface area contributed by atoms with E-state index < -0.39 is 12.1 Å². The van der Waals surface area contributed by atoms with E-state index in [1.165, 1.54) is 0 Å². The fraction of sp³-hybridized carbons (Fsp3) is 0.381. The van der Waals surface area contributed by atoms with Crippen molar-refractivity contribution in [3.05, 3.63) is 53.2 Å². The van der Waals surface area contributed by atoms with Crippen molar-refractivity contribution in [1.82, 2.24) is 19.9 Å². The van der Waals surface area contributed by atoms with E-state index in [9.17, 15) is 13.2 Å². The third kappa shape index (κ3) is 4.10. The van der Waals surface area contributed by atoms with Crippen LogP contribution in [-0.4, -0.2) is 19.9 Å². The Kier molecular flexibility index (Phi) is 5.36. The summed E-state index contributed by atoms with van der Waals surface area (Å²) in [6.07, 6.45) is -1.15. The molecule has 0 aliphatic rings. The predicted molar refractivity (Wildman–Crippen MR) is 104 cm³/mol. The molecule has 3 aromatic heterocycles. The van der Waals surface area contributed by atoms with Crippen molar-refractivity contribution in [2.45, 2.75) is 52.3 Å². The van der Waals surface area contributed by atoms with Crippen LogP contribution in [-0.2, 0) is 19.1 Å². The first-order valence-corrected chi connectivity index (χ1v) is 9.75. The fourth-order valence-corrected chi connectivity index (χ4v) is 3.65. The molecule has 0 saturated carbocycles. The monoisotopic (exact) mass is 418 g/mol. The van der Waals surface area contributed by atoms with Gasteiger partial charge in [0.05, 0.1) is 16.9 Å². The fourth-order valence-electron chi connectivity index (χ4n) is 3.65. The molecule has 0 amide bonds. The number of nitrogens with zero attached hydrogens (tertiary/aromatic N) is 4. The molecule has 0 spiro atoms. The molecular formula is C21H21F3N4O2. The highest BCUT2D eigenvalue weighted by atomic mass is 19.4. The number of aromatic nitrogens is 4. The molecule has 0 bridgehead atoms. The molecule has 6 nitrogen and oxygen atoms in total. The average molecular weight is 418 g/mol. The van der Waals surface area contributed by atoms with Crippen LogP contribution < -0.4 is 0 Å². The zero-order valence-corrected chi connectivity index (χ0v) is 16.7. The summed E-state index contributed by atoms with van der Waals surface area (Å²) in [5, 5.41) is 8.39. The molecule has 0 saturated heterocycles. The van der Waals surface area contributed by atoms with Crippen LogP contribution in [0.5, 0.6) is 0 Å². The van der Waals surface area contributed by atoms with Gasteiger partial charge in [-0.05, 0) is 38.3 Å². The van der Waals surface area contributed by atoms with Gasteiger partial charge in [-0.3, -0.25) is 0 Å². The molecule has 0 radical (unpaired) electrons. The maximum atomic E-state index is 12.9. The van der Waals surface area contributed by atoms with Gasteiger partial charge >= 0.3 is 12.1 Å². The van der Waals surface area contributed by atoms with Crippen molar-refractivity contribution in [3.8, 4) is 11.5 Å². The topological polar surface area (TPSA) is 69.9 Å². The summed E-state index contributed by atoms with van der Waals surface area (Å²) in [7, 11) is 0. The Labute approximate surface area is 170 Å². The van der Waals surface area contributed by atoms with Gasteiger partial charge in [0.2, 0.25) is 5.82 Å². The lowest BCUT2D eigenvalue weighted by atomic mass is 10.1. The second kappa shape index (κ2) is 7.97. The number of alkyl halides is 3. The third-order valence-corrected chi connectivity index (χ3v) is 5.00. The Morgan fingerprint density at radius 2 is 1.83 bits per heavy atom. The number of fused-ring (bicyclic) bond motifs is 1. The van der Waals surface area contributed by atoms with Gasteiger partial charge in [-0.25, -0.2) is 0 Å². The maximum absolute atomic E-state index is 12.9. The first kappa shape index (κ1) is 20.2. The number of para-hydroxylation sites is 1. The van der Waals surface area contributed by atoms with Gasteiger partial charge in [0.25, 0.3) is 0 Å². The van der Waals surface area contributed by atoms with Gasteiger partial charge in [-0.1, -0.05) is 34.9 Å². The zero-order chi connectivity index (χ0) is 21.3. The Bertz CT molecular complexity index is 1160. The summed E-state index contributed by atoms with van der Waals surface area (Å²) in [5.41, 5.74) is 3.39. The number of hydrogen-bond acceptors (Lipinski definition) is 5. The van der Waals surface area contributed by atoms with Crippen molar-refractivity contribution in [3.63, 3.8) is 0 Å². The van der Waals surface area contributed by atoms with E-state index in [0.29, 0.717) is 12.2 Å². The van der Waals surface area contributed by atoms with Gasteiger partial charge in [-0.15, -0.1) is 0 Å². The van der Waals surface area contributed by atoms with E-state index in [-0.39, 0.29) is 5.82 Å². The summed E-state index contributed by atoms with van der Waals surface area (Å²) in [4.78, 5) is 3.58. The first-order valence-electron chi connectivity index (χ1n) is 9.75. The van der Waals surface area contributed by atoms with Crippen LogP contribution in [0.25, 0.3) is 22.4 Å². The van der Waals surface area contributed by atoms with Crippen LogP contribution in [0.1, 0.15) is 42.2 Å². The number of hydrogen-bond donors (Lipinski definition) is 0. The molecule has 0 unspecified atom stereocenters. The second-order valence-electron chi connectivity index (χ2n) is 7.36. The minimum Gasteiger partial charge on any atom is -0.361 e. The summed E-state index contributed by atoms with van der Waals surface area (Å²) in [6.45, 7) is 4.50. The van der Waals surface area contributed by atoms with Crippen LogP contribution in [0.15, 0.2) is 39.4 Å². The van der Waals surface area contributed by atoms with Gasteiger partial charge in [0, 0.05) is 24.4 Å². The molecular weight excluding hydrogens is 397 g/mol. The number of halogens is 3. The second-order valence-corrected chi connectivity index (χ2v) is 7.36. The molecule has 4 aromatic rings. The third-order valence-electron chi connectivity index (χ3n) is 5.00. The number of rotatable bonds is 7. The van der Waals surface area contributed by atoms with Crippen molar-refractivity contribution in [2.24, 2.45) is 0 Å². The number of unbranched alkanes of at least 4 members (excludes halogenated alkanes) is 2. The van der Waals surface area contributed by atoms with E-state index in [0.717, 1.165) is 53.6 Å². The first-order chi connectivity index (χ1) is 14.3. The van der Waals surface area contributed by atoms with Crippen LogP contribution in [0.4, 0.5) is 13.2 Å². The Morgan fingerprint density at radius 1 is 1.00 bits per heavy atom. The van der Waals surface area contributed by atoms with Crippen LogP contribution in [0.2, 0.25) is 0 Å². The molecule has 0 N–H and O–H groups in total. The van der Waals surface area contributed by atoms with E-state index in [1.54, 1.807) is 0 Å². The number of aryl methyl sites for hydroxylation is 4. The Balaban J connectivity index is 1.54. The summed E-state index contributed by atoms with van der Waals surface area (Å²) >= 11 is 0. The highest BCUT2D eigenvalue weighted by Gasteiger charge is 2.38. The molecule has 0 atom stereocenters. The van der Waals surface area contributed by atoms with Crippen molar-refractivity contribution in [2.75, 3.05) is 0 Å². The molecule has 9 heteroatoms. The molecule has 0 aliphatic heterocycles. The molecule has 0 fully saturated rings. The van der Waals surface area contributed by atoms with Crippen LogP contribution in [0, 0.1) is 13.8 Å². The number of benzene rings is 1. The van der Waals surface area contributed by atoms with E-state index in [4.69, 9.17) is 4.52 Å². The van der Waals surface area contributed by atoms with Crippen LogP contribution in [0.3, 0.4) is 0 Å². The van der Waals surface area contributed by atoms with Crippen molar-refractivity contribution in [1.29, 1.82) is 0 Å². The highest BCUT2D eigenvalue weighted by molar-refractivity contribution is 5.88. The Hall–Kier alpha value is -3.10. The van der Waals surface area contributed by atoms with Gasteiger partial charge < -0.3 is 13.6 Å². The molecule has 30 heavy (non-hydrogen) atoms. The molecule has 1 aromatic carbocycles. The van der Waals surface area contributed by atoms with Gasteiger partial charge in [0.15, 0.2) is 0 Å². The average Bonchev–Trinajstić information content (AvgIpc) is 3.39.